The molecule has 2 N–H and O–H groups in total. The van der Waals surface area contributed by atoms with Crippen molar-refractivity contribution in [2.75, 3.05) is 0 Å². The van der Waals surface area contributed by atoms with E-state index >= 15 is 0 Å². The quantitative estimate of drug-likeness (QED) is 0.848. The van der Waals surface area contributed by atoms with Crippen LogP contribution in [0.25, 0.3) is 0 Å². The normalized spacial score (nSPS) is 12.7. The first-order valence-corrected chi connectivity index (χ1v) is 8.11. The van der Waals surface area contributed by atoms with Crippen LogP contribution in [0.3, 0.4) is 0 Å². The van der Waals surface area contributed by atoms with Gasteiger partial charge in [0.1, 0.15) is 5.82 Å². The van der Waals surface area contributed by atoms with Crippen molar-refractivity contribution in [2.45, 2.75) is 57.6 Å². The monoisotopic (exact) mass is 303 g/mol. The Morgan fingerprint density at radius 1 is 1.30 bits per heavy atom. The minimum absolute atomic E-state index is 0.0595. The molecule has 1 rings (SSSR count). The largest absolute Gasteiger partial charge is 0.392 e. The van der Waals surface area contributed by atoms with Gasteiger partial charge in [-0.1, -0.05) is 13.8 Å². The van der Waals surface area contributed by atoms with Gasteiger partial charge in [-0.05, 0) is 44.4 Å². The summed E-state index contributed by atoms with van der Waals surface area (Å²) >= 11 is 0. The fraction of sp³-hybridized carbons (Fsp3) is 0.571. The molecule has 0 bridgehead atoms. The summed E-state index contributed by atoms with van der Waals surface area (Å²) in [5, 5.41) is 9.09. The van der Waals surface area contributed by atoms with Gasteiger partial charge in [-0.15, -0.1) is 0 Å². The van der Waals surface area contributed by atoms with Crippen molar-refractivity contribution in [3.05, 3.63) is 29.1 Å². The molecule has 0 aliphatic rings. The molecular formula is C14H22FNO3S. The number of aliphatic hydroxyl groups is 1. The van der Waals surface area contributed by atoms with E-state index in [0.29, 0.717) is 12.8 Å². The third kappa shape index (κ3) is 3.56. The molecule has 0 amide bonds. The highest BCUT2D eigenvalue weighted by molar-refractivity contribution is 7.89. The van der Waals surface area contributed by atoms with Crippen molar-refractivity contribution in [2.24, 2.45) is 0 Å². The zero-order valence-corrected chi connectivity index (χ0v) is 13.1. The molecule has 0 aliphatic heterocycles. The van der Waals surface area contributed by atoms with Crippen LogP contribution in [0.5, 0.6) is 0 Å². The molecule has 0 radical (unpaired) electrons. The van der Waals surface area contributed by atoms with E-state index in [4.69, 9.17) is 5.11 Å². The Morgan fingerprint density at radius 2 is 1.85 bits per heavy atom. The second kappa shape index (κ2) is 6.20. The first-order chi connectivity index (χ1) is 9.19. The van der Waals surface area contributed by atoms with Gasteiger partial charge in [0.2, 0.25) is 10.0 Å². The SMILES string of the molecule is CCC(C)(CC)NS(=O)(=O)c1cc(CO)cc(F)c1C. The summed E-state index contributed by atoms with van der Waals surface area (Å²) in [6.07, 6.45) is 1.26. The van der Waals surface area contributed by atoms with Crippen LogP contribution < -0.4 is 4.72 Å². The second-order valence-electron chi connectivity index (χ2n) is 5.23. The highest BCUT2D eigenvalue weighted by atomic mass is 32.2. The maximum atomic E-state index is 13.8. The highest BCUT2D eigenvalue weighted by Crippen LogP contribution is 2.24. The third-order valence-electron chi connectivity index (χ3n) is 3.77. The topological polar surface area (TPSA) is 66.4 Å². The lowest BCUT2D eigenvalue weighted by Gasteiger charge is -2.28. The predicted molar refractivity (Wildman–Crippen MR) is 76.4 cm³/mol. The minimum atomic E-state index is -3.83. The molecule has 0 saturated carbocycles. The fourth-order valence-electron chi connectivity index (χ4n) is 1.85. The molecule has 0 aliphatic carbocycles. The molecule has 4 nitrogen and oxygen atoms in total. The predicted octanol–water partition coefficient (Wildman–Crippen LogP) is 2.48. The fourth-order valence-corrected chi connectivity index (χ4v) is 3.71. The van der Waals surface area contributed by atoms with E-state index in [0.717, 1.165) is 6.07 Å². The number of benzene rings is 1. The zero-order chi connectivity index (χ0) is 15.6. The number of rotatable bonds is 6. The smallest absolute Gasteiger partial charge is 0.241 e. The molecule has 0 atom stereocenters. The summed E-state index contributed by atoms with van der Waals surface area (Å²) < 4.78 is 41.3. The molecule has 0 aromatic heterocycles. The van der Waals surface area contributed by atoms with E-state index in [9.17, 15) is 12.8 Å². The van der Waals surface area contributed by atoms with E-state index < -0.39 is 28.0 Å². The van der Waals surface area contributed by atoms with Crippen LogP contribution in [0.2, 0.25) is 0 Å². The first kappa shape index (κ1) is 17.1. The molecule has 6 heteroatoms. The standard InChI is InChI=1S/C14H22FNO3S/c1-5-14(4,6-2)16-20(18,19)13-8-11(9-17)7-12(15)10(13)3/h7-8,16-17H,5-6,9H2,1-4H3. The van der Waals surface area contributed by atoms with Gasteiger partial charge in [0.15, 0.2) is 0 Å². The maximum absolute atomic E-state index is 13.8. The lowest BCUT2D eigenvalue weighted by molar-refractivity contribution is 0.281. The molecule has 0 fully saturated rings. The molecular weight excluding hydrogens is 281 g/mol. The second-order valence-corrected chi connectivity index (χ2v) is 6.88. The van der Waals surface area contributed by atoms with Gasteiger partial charge in [-0.3, -0.25) is 0 Å². The van der Waals surface area contributed by atoms with Crippen molar-refractivity contribution in [1.29, 1.82) is 0 Å². The molecule has 20 heavy (non-hydrogen) atoms. The van der Waals surface area contributed by atoms with Crippen molar-refractivity contribution in [1.82, 2.24) is 4.72 Å². The van der Waals surface area contributed by atoms with Crippen LogP contribution in [0.4, 0.5) is 4.39 Å². The molecule has 0 spiro atoms. The highest BCUT2D eigenvalue weighted by Gasteiger charge is 2.29. The number of hydrogen-bond acceptors (Lipinski definition) is 3. The van der Waals surface area contributed by atoms with Crippen LogP contribution in [-0.2, 0) is 16.6 Å². The van der Waals surface area contributed by atoms with Gasteiger partial charge in [0, 0.05) is 11.1 Å². The lowest BCUT2D eigenvalue weighted by Crippen LogP contribution is -2.45. The Kier molecular flexibility index (Phi) is 5.29. The molecule has 114 valence electrons. The van der Waals surface area contributed by atoms with Crippen molar-refractivity contribution in [3.63, 3.8) is 0 Å². The number of nitrogens with one attached hydrogen (secondary N) is 1. The summed E-state index contributed by atoms with van der Waals surface area (Å²) in [6, 6.07) is 2.46. The molecule has 1 aromatic carbocycles. The van der Waals surface area contributed by atoms with Gasteiger partial charge in [0.05, 0.1) is 11.5 Å². The van der Waals surface area contributed by atoms with Crippen LogP contribution >= 0.6 is 0 Å². The van der Waals surface area contributed by atoms with Crippen molar-refractivity contribution >= 4 is 10.0 Å². The number of sulfonamides is 1. The van der Waals surface area contributed by atoms with Crippen molar-refractivity contribution < 1.29 is 17.9 Å². The van der Waals surface area contributed by atoms with Crippen LogP contribution in [0, 0.1) is 12.7 Å². The summed E-state index contributed by atoms with van der Waals surface area (Å²) in [6.45, 7) is 6.61. The summed E-state index contributed by atoms with van der Waals surface area (Å²) in [5.74, 6) is -0.633. The molecule has 0 unspecified atom stereocenters. The first-order valence-electron chi connectivity index (χ1n) is 6.63. The average Bonchev–Trinajstić information content (AvgIpc) is 2.40. The van der Waals surface area contributed by atoms with Gasteiger partial charge < -0.3 is 5.11 Å². The van der Waals surface area contributed by atoms with Gasteiger partial charge in [-0.25, -0.2) is 17.5 Å². The van der Waals surface area contributed by atoms with E-state index in [-0.39, 0.29) is 16.0 Å². The summed E-state index contributed by atoms with van der Waals surface area (Å²) in [5.41, 5.74) is -0.274. The van der Waals surface area contributed by atoms with Gasteiger partial charge in [0.25, 0.3) is 0 Å². The van der Waals surface area contributed by atoms with E-state index in [1.54, 1.807) is 0 Å². The number of halogens is 1. The molecule has 1 aromatic rings. The van der Waals surface area contributed by atoms with E-state index in [2.05, 4.69) is 4.72 Å². The number of hydrogen-bond donors (Lipinski definition) is 2. The zero-order valence-electron chi connectivity index (χ0n) is 12.3. The minimum Gasteiger partial charge on any atom is -0.392 e. The lowest BCUT2D eigenvalue weighted by atomic mass is 9.98. The summed E-state index contributed by atoms with van der Waals surface area (Å²) in [7, 11) is -3.83. The van der Waals surface area contributed by atoms with E-state index in [1.807, 2.05) is 20.8 Å². The van der Waals surface area contributed by atoms with Crippen LogP contribution in [-0.4, -0.2) is 19.1 Å². The Bertz CT molecular complexity index is 580. The average molecular weight is 303 g/mol. The van der Waals surface area contributed by atoms with Crippen LogP contribution in [0.15, 0.2) is 17.0 Å². The van der Waals surface area contributed by atoms with Gasteiger partial charge in [-0.2, -0.15) is 0 Å². The Balaban J connectivity index is 3.32. The summed E-state index contributed by atoms with van der Waals surface area (Å²) in [4.78, 5) is -0.116. The number of aliphatic hydroxyl groups excluding tert-OH is 1. The van der Waals surface area contributed by atoms with Crippen molar-refractivity contribution in [3.8, 4) is 0 Å². The van der Waals surface area contributed by atoms with Gasteiger partial charge >= 0.3 is 0 Å². The molecule has 0 saturated heterocycles. The maximum Gasteiger partial charge on any atom is 0.241 e. The van der Waals surface area contributed by atoms with E-state index in [1.165, 1.54) is 13.0 Å². The Labute approximate surface area is 120 Å². The Hall–Kier alpha value is -0.980. The third-order valence-corrected chi connectivity index (χ3v) is 5.53. The van der Waals surface area contributed by atoms with Crippen LogP contribution in [0.1, 0.15) is 44.7 Å². The molecule has 0 heterocycles. The Morgan fingerprint density at radius 3 is 2.30 bits per heavy atom.